The predicted molar refractivity (Wildman–Crippen MR) is 59.5 cm³/mol. The van der Waals surface area contributed by atoms with E-state index in [4.69, 9.17) is 16.7 Å². The zero-order chi connectivity index (χ0) is 12.1. The SMILES string of the molecule is COC(=O)c1cc(C=CC(=O)O)ccc1Cl. The van der Waals surface area contributed by atoms with Gasteiger partial charge in [-0.25, -0.2) is 9.59 Å². The number of carboxylic acid groups (broad SMARTS) is 1. The largest absolute Gasteiger partial charge is 0.478 e. The van der Waals surface area contributed by atoms with Gasteiger partial charge in [0, 0.05) is 6.08 Å². The Morgan fingerprint density at radius 1 is 1.44 bits per heavy atom. The highest BCUT2D eigenvalue weighted by Gasteiger charge is 2.10. The predicted octanol–water partition coefficient (Wildman–Crippen LogP) is 2.22. The van der Waals surface area contributed by atoms with Crippen LogP contribution in [0.2, 0.25) is 5.02 Å². The molecule has 0 saturated heterocycles. The first-order chi connectivity index (χ1) is 7.54. The first kappa shape index (κ1) is 12.3. The summed E-state index contributed by atoms with van der Waals surface area (Å²) in [5.41, 5.74) is 0.768. The summed E-state index contributed by atoms with van der Waals surface area (Å²) in [6.07, 6.45) is 2.34. The number of methoxy groups -OCH3 is 1. The third-order valence-electron chi connectivity index (χ3n) is 1.81. The van der Waals surface area contributed by atoms with Crippen LogP contribution in [0.5, 0.6) is 0 Å². The van der Waals surface area contributed by atoms with Gasteiger partial charge in [0.05, 0.1) is 17.7 Å². The van der Waals surface area contributed by atoms with Crippen LogP contribution in [0.1, 0.15) is 15.9 Å². The van der Waals surface area contributed by atoms with Crippen molar-refractivity contribution < 1.29 is 19.4 Å². The zero-order valence-corrected chi connectivity index (χ0v) is 9.19. The van der Waals surface area contributed by atoms with Gasteiger partial charge >= 0.3 is 11.9 Å². The second kappa shape index (κ2) is 5.32. The van der Waals surface area contributed by atoms with E-state index in [1.165, 1.54) is 25.3 Å². The minimum absolute atomic E-state index is 0.205. The minimum atomic E-state index is -1.06. The van der Waals surface area contributed by atoms with Crippen molar-refractivity contribution in [2.24, 2.45) is 0 Å². The summed E-state index contributed by atoms with van der Waals surface area (Å²) >= 11 is 5.79. The molecule has 1 aromatic carbocycles. The van der Waals surface area contributed by atoms with E-state index < -0.39 is 11.9 Å². The maximum absolute atomic E-state index is 11.3. The summed E-state index contributed by atoms with van der Waals surface area (Å²) in [7, 11) is 1.25. The van der Waals surface area contributed by atoms with Crippen LogP contribution in [-0.2, 0) is 9.53 Å². The Bertz CT molecular complexity index is 451. The van der Waals surface area contributed by atoms with E-state index in [0.29, 0.717) is 5.56 Å². The number of esters is 1. The molecule has 5 heteroatoms. The van der Waals surface area contributed by atoms with Gasteiger partial charge in [-0.15, -0.1) is 0 Å². The lowest BCUT2D eigenvalue weighted by molar-refractivity contribution is -0.131. The first-order valence-electron chi connectivity index (χ1n) is 4.33. The van der Waals surface area contributed by atoms with E-state index in [2.05, 4.69) is 4.74 Å². The van der Waals surface area contributed by atoms with Crippen LogP contribution in [-0.4, -0.2) is 24.2 Å². The Hall–Kier alpha value is -1.81. The summed E-state index contributed by atoms with van der Waals surface area (Å²) in [6.45, 7) is 0. The topological polar surface area (TPSA) is 63.6 Å². The molecule has 0 spiro atoms. The van der Waals surface area contributed by atoms with Crippen LogP contribution in [0.25, 0.3) is 6.08 Å². The smallest absolute Gasteiger partial charge is 0.339 e. The Labute approximate surface area is 97.1 Å². The Balaban J connectivity index is 3.07. The molecule has 1 rings (SSSR count). The summed E-state index contributed by atoms with van der Waals surface area (Å²) in [5.74, 6) is -1.62. The summed E-state index contributed by atoms with van der Waals surface area (Å²) in [6, 6.07) is 4.58. The van der Waals surface area contributed by atoms with Gasteiger partial charge in [-0.1, -0.05) is 17.7 Å². The number of carboxylic acids is 1. The average Bonchev–Trinajstić information content (AvgIpc) is 2.27. The standard InChI is InChI=1S/C11H9ClO4/c1-16-11(15)8-6-7(2-4-9(8)12)3-5-10(13)14/h2-6H,1H3,(H,13,14). The number of hydrogen-bond donors (Lipinski definition) is 1. The molecule has 0 unspecified atom stereocenters. The number of aliphatic carboxylic acids is 1. The molecular formula is C11H9ClO4. The fourth-order valence-electron chi connectivity index (χ4n) is 1.08. The van der Waals surface area contributed by atoms with Crippen LogP contribution in [0.15, 0.2) is 24.3 Å². The zero-order valence-electron chi connectivity index (χ0n) is 8.44. The minimum Gasteiger partial charge on any atom is -0.478 e. The molecule has 16 heavy (non-hydrogen) atoms. The van der Waals surface area contributed by atoms with Crippen LogP contribution in [0.3, 0.4) is 0 Å². The van der Waals surface area contributed by atoms with Gasteiger partial charge in [0.25, 0.3) is 0 Å². The van der Waals surface area contributed by atoms with E-state index in [1.807, 2.05) is 0 Å². The third kappa shape index (κ3) is 3.10. The molecule has 0 heterocycles. The number of halogens is 1. The fraction of sp³-hybridized carbons (Fsp3) is 0.0909. The quantitative estimate of drug-likeness (QED) is 0.650. The van der Waals surface area contributed by atoms with Crippen LogP contribution in [0.4, 0.5) is 0 Å². The highest BCUT2D eigenvalue weighted by Crippen LogP contribution is 2.19. The highest BCUT2D eigenvalue weighted by atomic mass is 35.5. The van der Waals surface area contributed by atoms with E-state index in [9.17, 15) is 9.59 Å². The van der Waals surface area contributed by atoms with Crippen LogP contribution in [0, 0.1) is 0 Å². The van der Waals surface area contributed by atoms with Gasteiger partial charge in [-0.2, -0.15) is 0 Å². The molecule has 0 aromatic heterocycles. The van der Waals surface area contributed by atoms with Crippen molar-refractivity contribution in [3.8, 4) is 0 Å². The average molecular weight is 241 g/mol. The second-order valence-electron chi connectivity index (χ2n) is 2.90. The summed E-state index contributed by atoms with van der Waals surface area (Å²) < 4.78 is 4.53. The molecule has 1 N–H and O–H groups in total. The van der Waals surface area contributed by atoms with Gasteiger partial charge < -0.3 is 9.84 Å². The van der Waals surface area contributed by atoms with Crippen molar-refractivity contribution in [1.82, 2.24) is 0 Å². The Morgan fingerprint density at radius 2 is 2.12 bits per heavy atom. The van der Waals surface area contributed by atoms with Gasteiger partial charge in [-0.05, 0) is 23.8 Å². The monoisotopic (exact) mass is 240 g/mol. The molecular weight excluding hydrogens is 232 g/mol. The number of hydrogen-bond acceptors (Lipinski definition) is 3. The molecule has 0 amide bonds. The Morgan fingerprint density at radius 3 is 2.69 bits per heavy atom. The molecule has 0 fully saturated rings. The van der Waals surface area contributed by atoms with E-state index in [-0.39, 0.29) is 10.6 Å². The van der Waals surface area contributed by atoms with Crippen LogP contribution < -0.4 is 0 Å². The highest BCUT2D eigenvalue weighted by molar-refractivity contribution is 6.33. The Kier molecular flexibility index (Phi) is 4.08. The summed E-state index contributed by atoms with van der Waals surface area (Å²) in [4.78, 5) is 21.6. The van der Waals surface area contributed by atoms with Gasteiger partial charge in [-0.3, -0.25) is 0 Å². The molecule has 0 aliphatic rings. The maximum Gasteiger partial charge on any atom is 0.339 e. The number of carbonyl (C=O) groups excluding carboxylic acids is 1. The van der Waals surface area contributed by atoms with Gasteiger partial charge in [0.2, 0.25) is 0 Å². The maximum atomic E-state index is 11.3. The first-order valence-corrected chi connectivity index (χ1v) is 4.71. The molecule has 0 aliphatic heterocycles. The van der Waals surface area contributed by atoms with Crippen molar-refractivity contribution >= 4 is 29.6 Å². The van der Waals surface area contributed by atoms with E-state index in [0.717, 1.165) is 6.08 Å². The lowest BCUT2D eigenvalue weighted by atomic mass is 10.1. The number of carbonyl (C=O) groups is 2. The van der Waals surface area contributed by atoms with Crippen molar-refractivity contribution in [3.05, 3.63) is 40.4 Å². The molecule has 0 aliphatic carbocycles. The van der Waals surface area contributed by atoms with Crippen molar-refractivity contribution in [2.75, 3.05) is 7.11 Å². The second-order valence-corrected chi connectivity index (χ2v) is 3.31. The fourth-order valence-corrected chi connectivity index (χ4v) is 1.28. The molecule has 0 atom stereocenters. The van der Waals surface area contributed by atoms with Crippen molar-refractivity contribution in [1.29, 1.82) is 0 Å². The number of rotatable bonds is 3. The lowest BCUT2D eigenvalue weighted by Gasteiger charge is -2.02. The molecule has 4 nitrogen and oxygen atoms in total. The van der Waals surface area contributed by atoms with Crippen LogP contribution >= 0.6 is 11.6 Å². The molecule has 0 saturated carbocycles. The number of ether oxygens (including phenoxy) is 1. The third-order valence-corrected chi connectivity index (χ3v) is 2.14. The normalized spacial score (nSPS) is 10.4. The molecule has 0 bridgehead atoms. The number of benzene rings is 1. The van der Waals surface area contributed by atoms with Crippen molar-refractivity contribution in [2.45, 2.75) is 0 Å². The molecule has 0 radical (unpaired) electrons. The molecule has 84 valence electrons. The van der Waals surface area contributed by atoms with E-state index >= 15 is 0 Å². The van der Waals surface area contributed by atoms with Gasteiger partial charge in [0.15, 0.2) is 0 Å². The lowest BCUT2D eigenvalue weighted by Crippen LogP contribution is -2.02. The summed E-state index contributed by atoms with van der Waals surface area (Å²) in [5, 5.41) is 8.71. The van der Waals surface area contributed by atoms with Crippen molar-refractivity contribution in [3.63, 3.8) is 0 Å². The molecule has 1 aromatic rings. The van der Waals surface area contributed by atoms with E-state index in [1.54, 1.807) is 6.07 Å². The van der Waals surface area contributed by atoms with Gasteiger partial charge in [0.1, 0.15) is 0 Å².